The fraction of sp³-hybridized carbons (Fsp3) is 0.667. The minimum absolute atomic E-state index is 0.0189. The molecule has 0 bridgehead atoms. The van der Waals surface area contributed by atoms with E-state index in [0.29, 0.717) is 5.56 Å². The Morgan fingerprint density at radius 3 is 2.29 bits per heavy atom. The van der Waals surface area contributed by atoms with Gasteiger partial charge in [0.2, 0.25) is 11.8 Å². The highest BCUT2D eigenvalue weighted by Gasteiger charge is 2.48. The van der Waals surface area contributed by atoms with Gasteiger partial charge in [-0.1, -0.05) is 46.2 Å². The van der Waals surface area contributed by atoms with Gasteiger partial charge in [-0.05, 0) is 70.1 Å². The monoisotopic (exact) mass is 489 g/mol. The lowest BCUT2D eigenvalue weighted by molar-refractivity contribution is -0.144. The van der Waals surface area contributed by atoms with Gasteiger partial charge in [-0.2, -0.15) is 0 Å². The number of hydrogen-bond donors (Lipinski definition) is 3. The van der Waals surface area contributed by atoms with Crippen LogP contribution in [0, 0.1) is 11.8 Å². The summed E-state index contributed by atoms with van der Waals surface area (Å²) in [5, 5.41) is 15.9. The van der Waals surface area contributed by atoms with Gasteiger partial charge in [-0.3, -0.25) is 9.59 Å². The van der Waals surface area contributed by atoms with Crippen molar-refractivity contribution < 1.29 is 24.2 Å². The number of nitrogens with zero attached hydrogens (tertiary/aromatic N) is 1. The highest BCUT2D eigenvalue weighted by molar-refractivity contribution is 5.93. The van der Waals surface area contributed by atoms with Gasteiger partial charge < -0.3 is 25.4 Å². The third-order valence-corrected chi connectivity index (χ3v) is 6.11. The topological polar surface area (TPSA) is 108 Å². The molecular formula is C27H43N3O5. The quantitative estimate of drug-likeness (QED) is 0.448. The molecule has 5 atom stereocenters. The van der Waals surface area contributed by atoms with E-state index in [0.717, 1.165) is 19.3 Å². The summed E-state index contributed by atoms with van der Waals surface area (Å²) in [5.41, 5.74) is -0.183. The number of phenols is 1. The van der Waals surface area contributed by atoms with E-state index >= 15 is 0 Å². The third-order valence-electron chi connectivity index (χ3n) is 6.11. The number of carbonyl (C=O) groups is 3. The maximum Gasteiger partial charge on any atom is 0.408 e. The molecule has 196 valence electrons. The van der Waals surface area contributed by atoms with Crippen LogP contribution in [0.25, 0.3) is 0 Å². The molecule has 5 unspecified atom stereocenters. The second-order valence-electron chi connectivity index (χ2n) is 11.1. The Labute approximate surface area is 209 Å². The second-order valence-corrected chi connectivity index (χ2v) is 11.1. The zero-order valence-electron chi connectivity index (χ0n) is 22.4. The third kappa shape index (κ3) is 8.15. The van der Waals surface area contributed by atoms with Gasteiger partial charge in [0.15, 0.2) is 0 Å². The van der Waals surface area contributed by atoms with Crippen molar-refractivity contribution in [1.82, 2.24) is 15.5 Å². The maximum atomic E-state index is 14.0. The number of hydrogen-bond acceptors (Lipinski definition) is 5. The maximum absolute atomic E-state index is 14.0. The van der Waals surface area contributed by atoms with Gasteiger partial charge in [0.25, 0.3) is 0 Å². The molecule has 35 heavy (non-hydrogen) atoms. The summed E-state index contributed by atoms with van der Waals surface area (Å²) in [7, 11) is 0. The average Bonchev–Trinajstić information content (AvgIpc) is 3.43. The Hall–Kier alpha value is -2.77. The molecule has 1 aromatic rings. The molecule has 3 N–H and O–H groups in total. The Kier molecular flexibility index (Phi) is 9.58. The molecule has 1 fully saturated rings. The smallest absolute Gasteiger partial charge is 0.408 e. The zero-order chi connectivity index (χ0) is 26.5. The van der Waals surface area contributed by atoms with Crippen LogP contribution in [0.15, 0.2) is 24.3 Å². The van der Waals surface area contributed by atoms with Crippen LogP contribution in [0.4, 0.5) is 4.79 Å². The van der Waals surface area contributed by atoms with Gasteiger partial charge >= 0.3 is 6.09 Å². The summed E-state index contributed by atoms with van der Waals surface area (Å²) >= 11 is 0. The van der Waals surface area contributed by atoms with Gasteiger partial charge in [0.1, 0.15) is 23.4 Å². The first kappa shape index (κ1) is 28.5. The predicted octanol–water partition coefficient (Wildman–Crippen LogP) is 4.52. The Morgan fingerprint density at radius 1 is 1.17 bits per heavy atom. The minimum Gasteiger partial charge on any atom is -0.508 e. The van der Waals surface area contributed by atoms with Crippen LogP contribution >= 0.6 is 0 Å². The van der Waals surface area contributed by atoms with Crippen LogP contribution in [-0.2, 0) is 14.3 Å². The Morgan fingerprint density at radius 2 is 1.80 bits per heavy atom. The molecule has 0 aliphatic heterocycles. The number of benzene rings is 1. The van der Waals surface area contributed by atoms with E-state index < -0.39 is 23.8 Å². The first-order valence-electron chi connectivity index (χ1n) is 12.7. The second kappa shape index (κ2) is 11.8. The van der Waals surface area contributed by atoms with Crippen LogP contribution < -0.4 is 10.6 Å². The number of ether oxygens (including phenoxy) is 1. The van der Waals surface area contributed by atoms with Crippen molar-refractivity contribution >= 4 is 17.9 Å². The molecule has 2 rings (SSSR count). The summed E-state index contributed by atoms with van der Waals surface area (Å²) in [6, 6.07) is 4.43. The van der Waals surface area contributed by atoms with Crippen LogP contribution in [0.5, 0.6) is 5.75 Å². The van der Waals surface area contributed by atoms with E-state index in [9.17, 15) is 19.5 Å². The molecule has 0 aromatic heterocycles. The lowest BCUT2D eigenvalue weighted by atomic mass is 9.98. The van der Waals surface area contributed by atoms with Crippen LogP contribution in [0.1, 0.15) is 86.3 Å². The van der Waals surface area contributed by atoms with Crippen molar-refractivity contribution in [3.63, 3.8) is 0 Å². The van der Waals surface area contributed by atoms with Crippen LogP contribution in [0.2, 0.25) is 0 Å². The summed E-state index contributed by atoms with van der Waals surface area (Å²) in [6.07, 6.45) is 1.80. The van der Waals surface area contributed by atoms with E-state index in [1.165, 1.54) is 12.1 Å². The van der Waals surface area contributed by atoms with E-state index in [1.807, 2.05) is 34.6 Å². The zero-order valence-corrected chi connectivity index (χ0v) is 22.4. The highest BCUT2D eigenvalue weighted by Crippen LogP contribution is 2.41. The predicted molar refractivity (Wildman–Crippen MR) is 136 cm³/mol. The minimum atomic E-state index is -0.939. The molecule has 8 heteroatoms. The molecule has 0 heterocycles. The number of amides is 3. The molecule has 0 saturated heterocycles. The fourth-order valence-electron chi connectivity index (χ4n) is 4.24. The first-order valence-corrected chi connectivity index (χ1v) is 12.7. The summed E-state index contributed by atoms with van der Waals surface area (Å²) in [5.74, 6) is -0.645. The van der Waals surface area contributed by atoms with Crippen LogP contribution in [-0.4, -0.2) is 51.6 Å². The number of rotatable bonds is 10. The van der Waals surface area contributed by atoms with E-state index in [1.54, 1.807) is 37.8 Å². The Bertz CT molecular complexity index is 895. The highest BCUT2D eigenvalue weighted by atomic mass is 16.6. The van der Waals surface area contributed by atoms with Gasteiger partial charge in [0, 0.05) is 12.1 Å². The standard InChI is InChI=1S/C27H43N3O5/c1-9-11-18(5)28-24(32)23(19-12-10-13-20(31)15-19)30(21-14-17(21)4)25(33)22(16(2)3)29-26(34)35-27(6,7)8/h10,12-13,15-18,21-23,31H,9,11,14H2,1-8H3,(H,28,32)(H,29,34). The normalized spacial score (nSPS) is 19.9. The fourth-order valence-corrected chi connectivity index (χ4v) is 4.24. The number of nitrogens with one attached hydrogen (secondary N) is 2. The molecule has 3 amide bonds. The number of carbonyl (C=O) groups excluding carboxylic acids is 3. The lowest BCUT2D eigenvalue weighted by Gasteiger charge is -2.36. The Balaban J connectivity index is 2.47. The molecule has 1 saturated carbocycles. The van der Waals surface area contributed by atoms with E-state index in [-0.39, 0.29) is 41.5 Å². The molecule has 1 aliphatic carbocycles. The molecule has 8 nitrogen and oxygen atoms in total. The average molecular weight is 490 g/mol. The van der Waals surface area contributed by atoms with Crippen molar-refractivity contribution in [2.75, 3.05) is 0 Å². The number of phenolic OH excluding ortho intramolecular Hbond substituents is 1. The molecule has 0 spiro atoms. The number of alkyl carbamates (subject to hydrolysis) is 1. The van der Waals surface area contributed by atoms with E-state index in [2.05, 4.69) is 10.6 Å². The lowest BCUT2D eigenvalue weighted by Crippen LogP contribution is -2.56. The summed E-state index contributed by atoms with van der Waals surface area (Å²) < 4.78 is 5.40. The molecule has 1 aromatic carbocycles. The molecular weight excluding hydrogens is 446 g/mol. The van der Waals surface area contributed by atoms with Gasteiger partial charge in [-0.25, -0.2) is 4.79 Å². The van der Waals surface area contributed by atoms with Crippen molar-refractivity contribution in [1.29, 1.82) is 0 Å². The van der Waals surface area contributed by atoms with E-state index in [4.69, 9.17) is 4.74 Å². The molecule has 1 aliphatic rings. The molecule has 0 radical (unpaired) electrons. The number of aromatic hydroxyl groups is 1. The first-order chi connectivity index (χ1) is 16.2. The SMILES string of the molecule is CCCC(C)NC(=O)C(c1cccc(O)c1)N(C(=O)C(NC(=O)OC(C)(C)C)C(C)C)C1CC1C. The van der Waals surface area contributed by atoms with Crippen molar-refractivity contribution in [2.24, 2.45) is 11.8 Å². The van der Waals surface area contributed by atoms with Gasteiger partial charge in [0.05, 0.1) is 0 Å². The summed E-state index contributed by atoms with van der Waals surface area (Å²) in [6.45, 7) is 15.0. The summed E-state index contributed by atoms with van der Waals surface area (Å²) in [4.78, 5) is 41.8. The van der Waals surface area contributed by atoms with Crippen molar-refractivity contribution in [3.05, 3.63) is 29.8 Å². The van der Waals surface area contributed by atoms with Gasteiger partial charge in [-0.15, -0.1) is 0 Å². The van der Waals surface area contributed by atoms with Crippen molar-refractivity contribution in [3.8, 4) is 5.75 Å². The largest absolute Gasteiger partial charge is 0.508 e. The van der Waals surface area contributed by atoms with Crippen LogP contribution in [0.3, 0.4) is 0 Å². The van der Waals surface area contributed by atoms with Crippen molar-refractivity contribution in [2.45, 2.75) is 104 Å².